The Morgan fingerprint density at radius 2 is 1.79 bits per heavy atom. The van der Waals surface area contributed by atoms with Crippen LogP contribution < -0.4 is 11.1 Å². The van der Waals surface area contributed by atoms with Gasteiger partial charge >= 0.3 is 0 Å². The quantitative estimate of drug-likeness (QED) is 0.658. The zero-order valence-corrected chi connectivity index (χ0v) is 12.4. The third-order valence-electron chi connectivity index (χ3n) is 2.04. The first-order valence-corrected chi connectivity index (χ1v) is 7.68. The number of aromatic amines is 1. The van der Waals surface area contributed by atoms with Crippen molar-refractivity contribution in [2.75, 3.05) is 12.5 Å². The molecule has 8 heteroatoms. The van der Waals surface area contributed by atoms with E-state index in [4.69, 9.17) is 0 Å². The van der Waals surface area contributed by atoms with Crippen LogP contribution in [-0.4, -0.2) is 32.0 Å². The molecule has 0 saturated heterocycles. The normalized spacial score (nSPS) is 9.63. The van der Waals surface area contributed by atoms with Crippen LogP contribution in [0.25, 0.3) is 0 Å². The van der Waals surface area contributed by atoms with E-state index in [-0.39, 0.29) is 11.1 Å². The van der Waals surface area contributed by atoms with Gasteiger partial charge in [0.25, 0.3) is 11.1 Å². The highest BCUT2D eigenvalue weighted by molar-refractivity contribution is 7.98. The molecule has 2 aromatic rings. The number of hydrogen-bond donors (Lipinski definition) is 1. The first-order valence-electron chi connectivity index (χ1n) is 5.24. The van der Waals surface area contributed by atoms with Crippen LogP contribution in [0.2, 0.25) is 0 Å². The maximum absolute atomic E-state index is 10.9. The van der Waals surface area contributed by atoms with E-state index in [1.54, 1.807) is 7.05 Å². The number of aromatic nitrogens is 4. The standard InChI is InChI=1S/C6H8N2OS.C5H6N2OS/c1-8-5(9)3-4-7-6(8)10-2;1-9-5-6-3-2-4(8)7-5/h3-4H,1-2H3;2-3H,1H3,(H,6,7,8). The smallest absolute Gasteiger partial charge is 0.253 e. The first-order chi connectivity index (χ1) is 9.08. The lowest BCUT2D eigenvalue weighted by molar-refractivity contribution is 0.709. The van der Waals surface area contributed by atoms with E-state index >= 15 is 0 Å². The van der Waals surface area contributed by atoms with E-state index in [2.05, 4.69) is 15.0 Å². The second-order valence-corrected chi connectivity index (χ2v) is 4.84. The molecular weight excluding hydrogens is 284 g/mol. The molecule has 0 spiro atoms. The highest BCUT2D eigenvalue weighted by atomic mass is 32.2. The fourth-order valence-electron chi connectivity index (χ4n) is 1.10. The zero-order valence-electron chi connectivity index (χ0n) is 10.8. The molecule has 1 N–H and O–H groups in total. The van der Waals surface area contributed by atoms with Crippen molar-refractivity contribution in [2.45, 2.75) is 10.3 Å². The maximum atomic E-state index is 10.9. The van der Waals surface area contributed by atoms with Crippen LogP contribution >= 0.6 is 23.5 Å². The van der Waals surface area contributed by atoms with Gasteiger partial charge in [0, 0.05) is 31.6 Å². The molecule has 2 rings (SSSR count). The van der Waals surface area contributed by atoms with Crippen LogP contribution in [0.3, 0.4) is 0 Å². The average Bonchev–Trinajstić information content (AvgIpc) is 2.42. The fourth-order valence-corrected chi connectivity index (χ4v) is 2.00. The summed E-state index contributed by atoms with van der Waals surface area (Å²) in [6, 6.07) is 2.83. The molecule has 0 aliphatic carbocycles. The van der Waals surface area contributed by atoms with E-state index in [0.29, 0.717) is 5.16 Å². The van der Waals surface area contributed by atoms with E-state index in [1.807, 2.05) is 12.5 Å². The Balaban J connectivity index is 0.000000191. The molecule has 0 unspecified atom stereocenters. The fraction of sp³-hybridized carbons (Fsp3) is 0.273. The summed E-state index contributed by atoms with van der Waals surface area (Å²) in [5.74, 6) is 0. The predicted molar refractivity (Wildman–Crippen MR) is 77.9 cm³/mol. The van der Waals surface area contributed by atoms with Gasteiger partial charge < -0.3 is 4.98 Å². The number of hydrogen-bond acceptors (Lipinski definition) is 6. The predicted octanol–water partition coefficient (Wildman–Crippen LogP) is 0.994. The van der Waals surface area contributed by atoms with Gasteiger partial charge in [-0.25, -0.2) is 9.97 Å². The second-order valence-electron chi connectivity index (χ2n) is 3.27. The van der Waals surface area contributed by atoms with Crippen molar-refractivity contribution in [3.05, 3.63) is 45.2 Å². The van der Waals surface area contributed by atoms with Gasteiger partial charge in [0.15, 0.2) is 10.3 Å². The molecule has 2 heterocycles. The molecule has 0 aliphatic rings. The van der Waals surface area contributed by atoms with Crippen molar-refractivity contribution >= 4 is 23.5 Å². The summed E-state index contributed by atoms with van der Waals surface area (Å²) in [5, 5.41) is 1.40. The molecule has 0 amide bonds. The van der Waals surface area contributed by atoms with Crippen LogP contribution in [-0.2, 0) is 7.05 Å². The van der Waals surface area contributed by atoms with E-state index in [0.717, 1.165) is 5.16 Å². The van der Waals surface area contributed by atoms with Gasteiger partial charge in [-0.3, -0.25) is 14.2 Å². The van der Waals surface area contributed by atoms with Crippen LogP contribution in [0.5, 0.6) is 0 Å². The number of thioether (sulfide) groups is 2. The van der Waals surface area contributed by atoms with Gasteiger partial charge in [-0.15, -0.1) is 0 Å². The summed E-state index contributed by atoms with van der Waals surface area (Å²) < 4.78 is 1.52. The second kappa shape index (κ2) is 7.80. The van der Waals surface area contributed by atoms with Crippen molar-refractivity contribution in [3.8, 4) is 0 Å². The molecule has 19 heavy (non-hydrogen) atoms. The highest BCUT2D eigenvalue weighted by Gasteiger charge is 1.95. The molecule has 6 nitrogen and oxygen atoms in total. The molecule has 0 aliphatic heterocycles. The Labute approximate surface area is 118 Å². The lowest BCUT2D eigenvalue weighted by Crippen LogP contribution is -2.17. The molecule has 0 bridgehead atoms. The number of rotatable bonds is 2. The van der Waals surface area contributed by atoms with E-state index < -0.39 is 0 Å². The summed E-state index contributed by atoms with van der Waals surface area (Å²) in [7, 11) is 1.71. The Morgan fingerprint density at radius 3 is 2.26 bits per heavy atom. The van der Waals surface area contributed by atoms with Crippen molar-refractivity contribution < 1.29 is 0 Å². The van der Waals surface area contributed by atoms with Gasteiger partial charge in [0.2, 0.25) is 0 Å². The van der Waals surface area contributed by atoms with Gasteiger partial charge in [0.05, 0.1) is 0 Å². The Bertz CT molecular complexity index is 639. The third-order valence-corrected chi connectivity index (χ3v) is 3.38. The Morgan fingerprint density at radius 1 is 1.11 bits per heavy atom. The zero-order chi connectivity index (χ0) is 14.3. The summed E-state index contributed by atoms with van der Waals surface area (Å²) in [5.41, 5.74) is -0.117. The lowest BCUT2D eigenvalue weighted by atomic mass is 10.6. The minimum Gasteiger partial charge on any atom is -0.301 e. The van der Waals surface area contributed by atoms with Gasteiger partial charge in [-0.05, 0) is 12.5 Å². The van der Waals surface area contributed by atoms with Crippen LogP contribution in [0.15, 0.2) is 44.4 Å². The maximum Gasteiger partial charge on any atom is 0.253 e. The topological polar surface area (TPSA) is 80.6 Å². The van der Waals surface area contributed by atoms with Crippen molar-refractivity contribution in [3.63, 3.8) is 0 Å². The molecular formula is C11H14N4O2S2. The molecule has 0 atom stereocenters. The summed E-state index contributed by atoms with van der Waals surface area (Å²) in [6.45, 7) is 0. The summed E-state index contributed by atoms with van der Waals surface area (Å²) in [6.07, 6.45) is 6.76. The molecule has 2 aromatic heterocycles. The Kier molecular flexibility index (Phi) is 6.37. The largest absolute Gasteiger partial charge is 0.301 e. The molecule has 0 aromatic carbocycles. The molecule has 0 fully saturated rings. The van der Waals surface area contributed by atoms with Crippen molar-refractivity contribution in [1.82, 2.24) is 19.5 Å². The van der Waals surface area contributed by atoms with Gasteiger partial charge in [-0.2, -0.15) is 0 Å². The summed E-state index contributed by atoms with van der Waals surface area (Å²) >= 11 is 2.88. The minimum atomic E-state index is -0.102. The van der Waals surface area contributed by atoms with E-state index in [1.165, 1.54) is 52.6 Å². The molecule has 102 valence electrons. The van der Waals surface area contributed by atoms with Crippen LogP contribution in [0.1, 0.15) is 0 Å². The molecule has 0 saturated carbocycles. The number of nitrogens with zero attached hydrogens (tertiary/aromatic N) is 3. The van der Waals surface area contributed by atoms with Gasteiger partial charge in [0.1, 0.15) is 0 Å². The number of H-pyrrole nitrogens is 1. The van der Waals surface area contributed by atoms with Crippen LogP contribution in [0.4, 0.5) is 0 Å². The first kappa shape index (κ1) is 15.5. The van der Waals surface area contributed by atoms with Crippen LogP contribution in [0, 0.1) is 0 Å². The van der Waals surface area contributed by atoms with Gasteiger partial charge in [-0.1, -0.05) is 23.5 Å². The SMILES string of the molecule is CSc1nccc(=O)[nH]1.CSc1nccc(=O)n1C. The van der Waals surface area contributed by atoms with Crippen molar-refractivity contribution in [2.24, 2.45) is 7.05 Å². The Hall–Kier alpha value is -1.54. The third kappa shape index (κ3) is 4.92. The lowest BCUT2D eigenvalue weighted by Gasteiger charge is -2.00. The average molecular weight is 298 g/mol. The van der Waals surface area contributed by atoms with Crippen molar-refractivity contribution in [1.29, 1.82) is 0 Å². The number of nitrogens with one attached hydrogen (secondary N) is 1. The monoisotopic (exact) mass is 298 g/mol. The highest BCUT2D eigenvalue weighted by Crippen LogP contribution is 2.05. The molecule has 0 radical (unpaired) electrons. The minimum absolute atomic E-state index is 0.0145. The summed E-state index contributed by atoms with van der Waals surface area (Å²) in [4.78, 5) is 31.9. The van der Waals surface area contributed by atoms with E-state index in [9.17, 15) is 9.59 Å².